The zero-order chi connectivity index (χ0) is 26.6. The molecule has 3 aliphatic heterocycles. The summed E-state index contributed by atoms with van der Waals surface area (Å²) in [6.07, 6.45) is 0.503. The van der Waals surface area contributed by atoms with Crippen LogP contribution in [0.4, 0.5) is 0 Å². The topological polar surface area (TPSA) is 180 Å². The number of aromatic hydroxyl groups is 1. The summed E-state index contributed by atoms with van der Waals surface area (Å²) in [7, 11) is 0. The Bertz CT molecular complexity index is 1050. The summed E-state index contributed by atoms with van der Waals surface area (Å²) in [5.74, 6) is 0.485. The third-order valence-corrected chi connectivity index (χ3v) is 7.48. The molecule has 4 unspecified atom stereocenters. The van der Waals surface area contributed by atoms with Gasteiger partial charge in [0.05, 0.1) is 51.2 Å². The number of ether oxygens (including phenoxy) is 5. The van der Waals surface area contributed by atoms with Crippen molar-refractivity contribution in [3.8, 4) is 23.8 Å². The van der Waals surface area contributed by atoms with Crippen LogP contribution in [-0.2, 0) is 23.7 Å². The maximum absolute atomic E-state index is 11.3. The first-order valence-corrected chi connectivity index (χ1v) is 12.6. The third kappa shape index (κ3) is 5.87. The van der Waals surface area contributed by atoms with E-state index in [2.05, 4.69) is 10.9 Å². The fourth-order valence-electron chi connectivity index (χ4n) is 4.23. The first kappa shape index (κ1) is 27.6. The molecule has 3 heterocycles. The second-order valence-corrected chi connectivity index (χ2v) is 9.64. The third-order valence-electron chi connectivity index (χ3n) is 6.33. The molecule has 1 aromatic carbocycles. The fourth-order valence-corrected chi connectivity index (χ4v) is 5.39. The number of terminal acetylenes is 1. The van der Waals surface area contributed by atoms with Crippen LogP contribution in [0.2, 0.25) is 0 Å². The van der Waals surface area contributed by atoms with Crippen LogP contribution in [0.15, 0.2) is 23.2 Å². The van der Waals surface area contributed by atoms with Gasteiger partial charge in [0.25, 0.3) is 0 Å². The number of carboxylic acids is 1. The van der Waals surface area contributed by atoms with Gasteiger partial charge in [0.15, 0.2) is 11.8 Å². The summed E-state index contributed by atoms with van der Waals surface area (Å²) < 4.78 is 27.6. The van der Waals surface area contributed by atoms with Crippen LogP contribution < -0.4 is 9.84 Å². The molecule has 13 heteroatoms. The molecule has 0 radical (unpaired) electrons. The smallest absolute Gasteiger partial charge is 0.186 e. The van der Waals surface area contributed by atoms with E-state index in [9.17, 15) is 30.3 Å². The highest BCUT2D eigenvalue weighted by molar-refractivity contribution is 8.14. The number of aliphatic carboxylic acids is 1. The van der Waals surface area contributed by atoms with E-state index in [1.165, 1.54) is 6.07 Å². The van der Waals surface area contributed by atoms with Crippen molar-refractivity contribution < 1.29 is 54.0 Å². The molecule has 2 fully saturated rings. The standard InChI is InChI=1S/C24H29NO11S/c1-2-24(23(30)31)12-37-21(25-24)14-4-3-13(9-16(14)27)33-7-5-32-6-8-34-22-19(29)20-18(28)15(11-35-20)17(10-26)36-22/h1,3-4,9,15,17-20,22,26-29H,5-8,10-12H2,(H,30,31)/p-1/t15?,17?,18-,19?,20?,22-,24+/m0/s1. The number of thioether (sulfide) groups is 1. The molecule has 4 rings (SSSR count). The Balaban J connectivity index is 1.19. The van der Waals surface area contributed by atoms with Crippen LogP contribution in [0.25, 0.3) is 0 Å². The summed E-state index contributed by atoms with van der Waals surface area (Å²) >= 11 is 1.12. The second kappa shape index (κ2) is 12.0. The van der Waals surface area contributed by atoms with Crippen molar-refractivity contribution in [2.75, 3.05) is 45.4 Å². The number of nitrogens with zero attached hydrogens (tertiary/aromatic N) is 1. The lowest BCUT2D eigenvalue weighted by atomic mass is 9.95. The minimum absolute atomic E-state index is 0.0184. The normalized spacial score (nSPS) is 33.0. The lowest BCUT2D eigenvalue weighted by molar-refractivity contribution is -0.309. The van der Waals surface area contributed by atoms with Crippen molar-refractivity contribution in [2.45, 2.75) is 36.2 Å². The predicted octanol–water partition coefficient (Wildman–Crippen LogP) is -2.13. The maximum Gasteiger partial charge on any atom is 0.186 e. The Labute approximate surface area is 217 Å². The molecule has 4 N–H and O–H groups in total. The van der Waals surface area contributed by atoms with E-state index in [1.807, 2.05) is 0 Å². The predicted molar refractivity (Wildman–Crippen MR) is 127 cm³/mol. The van der Waals surface area contributed by atoms with Gasteiger partial charge < -0.3 is 54.0 Å². The molecular formula is C24H28NO11S-. The van der Waals surface area contributed by atoms with Crippen LogP contribution in [0.5, 0.6) is 11.5 Å². The van der Waals surface area contributed by atoms with Gasteiger partial charge in [0.2, 0.25) is 0 Å². The number of phenols is 1. The summed E-state index contributed by atoms with van der Waals surface area (Å²) in [5, 5.41) is 52.2. The van der Waals surface area contributed by atoms with E-state index in [0.717, 1.165) is 11.8 Å². The molecule has 0 amide bonds. The molecule has 0 saturated carbocycles. The highest BCUT2D eigenvalue weighted by Gasteiger charge is 2.51. The van der Waals surface area contributed by atoms with Gasteiger partial charge in [-0.15, -0.1) is 18.2 Å². The molecule has 37 heavy (non-hydrogen) atoms. The monoisotopic (exact) mass is 538 g/mol. The molecule has 3 aliphatic rings. The minimum Gasteiger partial charge on any atom is -0.546 e. The van der Waals surface area contributed by atoms with E-state index in [-0.39, 0.29) is 51.1 Å². The molecule has 2 saturated heterocycles. The summed E-state index contributed by atoms with van der Waals surface area (Å²) in [5.41, 5.74) is -1.42. The molecular weight excluding hydrogens is 510 g/mol. The number of carbonyl (C=O) groups is 1. The van der Waals surface area contributed by atoms with Gasteiger partial charge in [-0.05, 0) is 12.1 Å². The Morgan fingerprint density at radius 3 is 2.73 bits per heavy atom. The number of hydrogen-bond donors (Lipinski definition) is 4. The first-order valence-electron chi connectivity index (χ1n) is 11.6. The Kier molecular flexibility index (Phi) is 8.94. The van der Waals surface area contributed by atoms with Crippen molar-refractivity contribution in [3.63, 3.8) is 0 Å². The molecule has 0 aromatic heterocycles. The number of carbonyl (C=O) groups excluding carboxylic acids is 1. The fraction of sp³-hybridized carbons (Fsp3) is 0.583. The van der Waals surface area contributed by atoms with Gasteiger partial charge in [-0.2, -0.15) is 0 Å². The Morgan fingerprint density at radius 1 is 1.27 bits per heavy atom. The van der Waals surface area contributed by atoms with Gasteiger partial charge in [0, 0.05) is 23.3 Å². The van der Waals surface area contributed by atoms with E-state index >= 15 is 0 Å². The molecule has 2 bridgehead atoms. The minimum atomic E-state index is -1.75. The van der Waals surface area contributed by atoms with Crippen LogP contribution in [0.3, 0.4) is 0 Å². The SMILES string of the molecule is C#C[C@]1(C(=O)[O-])CSC(c2ccc(OCCOCCO[C@H]3OC(CO)C4COC(C3O)[C@H]4O)cc2O)=N1. The summed E-state index contributed by atoms with van der Waals surface area (Å²) in [6.45, 7) is 0.449. The van der Waals surface area contributed by atoms with Crippen molar-refractivity contribution in [1.82, 2.24) is 0 Å². The van der Waals surface area contributed by atoms with Gasteiger partial charge in [-0.25, -0.2) is 0 Å². The van der Waals surface area contributed by atoms with E-state index in [1.54, 1.807) is 12.1 Å². The molecule has 12 nitrogen and oxygen atoms in total. The van der Waals surface area contributed by atoms with Gasteiger partial charge >= 0.3 is 0 Å². The number of rotatable bonds is 11. The molecule has 7 atom stereocenters. The Morgan fingerprint density at radius 2 is 2.05 bits per heavy atom. The van der Waals surface area contributed by atoms with E-state index < -0.39 is 48.1 Å². The summed E-state index contributed by atoms with van der Waals surface area (Å²) in [4.78, 5) is 15.4. The van der Waals surface area contributed by atoms with Crippen molar-refractivity contribution in [2.24, 2.45) is 10.9 Å². The number of fused-ring (bicyclic) bond motifs is 2. The lowest BCUT2D eigenvalue weighted by Gasteiger charge is -2.29. The highest BCUT2D eigenvalue weighted by Crippen LogP contribution is 2.35. The Hall–Kier alpha value is -2.41. The molecule has 202 valence electrons. The number of aliphatic hydroxyl groups excluding tert-OH is 3. The summed E-state index contributed by atoms with van der Waals surface area (Å²) in [6, 6.07) is 4.53. The van der Waals surface area contributed by atoms with Gasteiger partial charge in [-0.3, -0.25) is 4.99 Å². The average molecular weight is 539 g/mol. The largest absolute Gasteiger partial charge is 0.546 e. The number of aliphatic imine (C=N–C) groups is 1. The number of aliphatic hydroxyl groups is 3. The quantitative estimate of drug-likeness (QED) is 0.178. The zero-order valence-electron chi connectivity index (χ0n) is 19.7. The molecule has 0 aliphatic carbocycles. The number of carboxylic acid groups (broad SMARTS) is 1. The average Bonchev–Trinajstić information content (AvgIpc) is 3.47. The van der Waals surface area contributed by atoms with Crippen molar-refractivity contribution in [3.05, 3.63) is 23.8 Å². The van der Waals surface area contributed by atoms with E-state index in [4.69, 9.17) is 30.1 Å². The molecule has 1 aromatic rings. The highest BCUT2D eigenvalue weighted by atomic mass is 32.2. The van der Waals surface area contributed by atoms with Crippen LogP contribution in [0.1, 0.15) is 5.56 Å². The van der Waals surface area contributed by atoms with Crippen molar-refractivity contribution >= 4 is 22.8 Å². The zero-order valence-corrected chi connectivity index (χ0v) is 20.5. The van der Waals surface area contributed by atoms with Gasteiger partial charge in [0.1, 0.15) is 35.4 Å². The number of phenolic OH excluding ortho intramolecular Hbond substituents is 1. The second-order valence-electron chi connectivity index (χ2n) is 8.68. The number of hydrogen-bond acceptors (Lipinski definition) is 13. The van der Waals surface area contributed by atoms with Crippen LogP contribution >= 0.6 is 11.8 Å². The van der Waals surface area contributed by atoms with E-state index in [0.29, 0.717) is 16.4 Å². The van der Waals surface area contributed by atoms with Crippen LogP contribution in [0, 0.1) is 18.3 Å². The van der Waals surface area contributed by atoms with Crippen LogP contribution in [-0.4, -0.2) is 113 Å². The maximum atomic E-state index is 11.3. The van der Waals surface area contributed by atoms with Gasteiger partial charge in [-0.1, -0.05) is 5.92 Å². The lowest BCUT2D eigenvalue weighted by Crippen LogP contribution is -2.46. The molecule has 0 spiro atoms. The number of benzene rings is 1. The first-order chi connectivity index (χ1) is 17.8. The van der Waals surface area contributed by atoms with Crippen molar-refractivity contribution in [1.29, 1.82) is 0 Å².